The van der Waals surface area contributed by atoms with Gasteiger partial charge >= 0.3 is 15.6 Å². The first kappa shape index (κ1) is 14.9. The monoisotopic (exact) mass is 286 g/mol. The van der Waals surface area contributed by atoms with Crippen LogP contribution in [0.2, 0.25) is 0 Å². The van der Waals surface area contributed by atoms with Crippen molar-refractivity contribution < 1.29 is 30.2 Å². The Balaban J connectivity index is 3.10. The van der Waals surface area contributed by atoms with Crippen LogP contribution in [0, 0.1) is 5.82 Å². The van der Waals surface area contributed by atoms with E-state index in [1.807, 2.05) is 0 Å². The van der Waals surface area contributed by atoms with Gasteiger partial charge in [-0.25, -0.2) is 4.39 Å². The molecule has 0 fully saturated rings. The summed E-state index contributed by atoms with van der Waals surface area (Å²) in [5.74, 6) is -0.700. The van der Waals surface area contributed by atoms with E-state index in [1.165, 1.54) is 12.1 Å². The van der Waals surface area contributed by atoms with Crippen molar-refractivity contribution in [2.24, 2.45) is 0 Å². The Hall–Kier alpha value is -1.15. The van der Waals surface area contributed by atoms with Crippen LogP contribution in [-0.4, -0.2) is 13.9 Å². The molecule has 0 unspecified atom stereocenters. The molecule has 0 aliphatic heterocycles. The number of hydrogen-bond donors (Lipinski definition) is 0. The number of alkyl halides is 3. The molecule has 0 spiro atoms. The topological polar surface area (TPSA) is 43.4 Å². The van der Waals surface area contributed by atoms with Crippen molar-refractivity contribution in [1.82, 2.24) is 0 Å². The van der Waals surface area contributed by atoms with Crippen molar-refractivity contribution >= 4 is 10.1 Å². The molecule has 0 aliphatic rings. The molecule has 0 atom stereocenters. The van der Waals surface area contributed by atoms with Gasteiger partial charge in [-0.05, 0) is 31.5 Å². The minimum Gasteiger partial charge on any atom is -0.252 e. The Morgan fingerprint density at radius 3 is 2.17 bits per heavy atom. The Bertz CT molecular complexity index is 534. The summed E-state index contributed by atoms with van der Waals surface area (Å²) in [7, 11) is -5.74. The van der Waals surface area contributed by atoms with Gasteiger partial charge in [0.1, 0.15) is 11.4 Å². The summed E-state index contributed by atoms with van der Waals surface area (Å²) in [6.07, 6.45) is 0. The zero-order chi connectivity index (χ0) is 14.2. The first-order valence-corrected chi connectivity index (χ1v) is 6.14. The van der Waals surface area contributed by atoms with Crippen LogP contribution in [0.3, 0.4) is 0 Å². The minimum absolute atomic E-state index is 0.0182. The van der Waals surface area contributed by atoms with E-state index in [1.54, 1.807) is 0 Å². The van der Waals surface area contributed by atoms with Gasteiger partial charge in [0, 0.05) is 0 Å². The van der Waals surface area contributed by atoms with Crippen molar-refractivity contribution in [1.29, 1.82) is 0 Å². The van der Waals surface area contributed by atoms with Crippen molar-refractivity contribution in [3.05, 3.63) is 35.6 Å². The van der Waals surface area contributed by atoms with Gasteiger partial charge in [0.15, 0.2) is 0 Å². The first-order valence-electron chi connectivity index (χ1n) is 4.74. The van der Waals surface area contributed by atoms with Crippen molar-refractivity contribution in [2.45, 2.75) is 25.0 Å². The highest BCUT2D eigenvalue weighted by atomic mass is 32.2. The lowest BCUT2D eigenvalue weighted by Crippen LogP contribution is -2.33. The average Bonchev–Trinajstić information content (AvgIpc) is 2.14. The lowest BCUT2D eigenvalue weighted by Gasteiger charge is -2.25. The summed E-state index contributed by atoms with van der Waals surface area (Å²) in [5.41, 5.74) is -7.36. The van der Waals surface area contributed by atoms with Gasteiger partial charge in [-0.3, -0.25) is 4.18 Å². The molecule has 18 heavy (non-hydrogen) atoms. The van der Waals surface area contributed by atoms with E-state index in [0.29, 0.717) is 0 Å². The molecule has 1 aromatic rings. The largest absolute Gasteiger partial charge is 0.523 e. The Labute approximate surface area is 102 Å². The van der Waals surface area contributed by atoms with Crippen molar-refractivity contribution in [3.63, 3.8) is 0 Å². The number of hydrogen-bond acceptors (Lipinski definition) is 3. The van der Waals surface area contributed by atoms with Gasteiger partial charge < -0.3 is 0 Å². The molecule has 1 rings (SSSR count). The predicted octanol–water partition coefficient (Wildman–Crippen LogP) is 2.93. The van der Waals surface area contributed by atoms with Crippen LogP contribution >= 0.6 is 0 Å². The Kier molecular flexibility index (Phi) is 3.73. The van der Waals surface area contributed by atoms with E-state index in [2.05, 4.69) is 4.18 Å². The second-order valence-corrected chi connectivity index (χ2v) is 5.54. The number of halogens is 4. The maximum absolute atomic E-state index is 12.9. The van der Waals surface area contributed by atoms with E-state index < -0.39 is 27.0 Å². The van der Waals surface area contributed by atoms with Crippen LogP contribution in [0.4, 0.5) is 17.6 Å². The maximum atomic E-state index is 12.9. The molecule has 102 valence electrons. The molecule has 1 aromatic carbocycles. The SMILES string of the molecule is CC(C)(OS(=O)(=O)C(F)(F)F)c1cccc(F)c1. The predicted molar refractivity (Wildman–Crippen MR) is 55.5 cm³/mol. The van der Waals surface area contributed by atoms with Crippen LogP contribution < -0.4 is 0 Å². The molecule has 3 nitrogen and oxygen atoms in total. The molecule has 0 aromatic heterocycles. The summed E-state index contributed by atoms with van der Waals surface area (Å²) in [6.45, 7) is 2.20. The van der Waals surface area contributed by atoms with Crippen LogP contribution in [-0.2, 0) is 19.9 Å². The van der Waals surface area contributed by atoms with E-state index in [-0.39, 0.29) is 5.56 Å². The summed E-state index contributed by atoms with van der Waals surface area (Å²) in [6, 6.07) is 4.51. The van der Waals surface area contributed by atoms with Crippen LogP contribution in [0.1, 0.15) is 19.4 Å². The Morgan fingerprint density at radius 2 is 1.72 bits per heavy atom. The van der Waals surface area contributed by atoms with E-state index in [0.717, 1.165) is 26.0 Å². The van der Waals surface area contributed by atoms with Gasteiger partial charge in [-0.15, -0.1) is 0 Å². The summed E-state index contributed by atoms with van der Waals surface area (Å²) in [4.78, 5) is 0. The molecule has 0 amide bonds. The van der Waals surface area contributed by atoms with Crippen molar-refractivity contribution in [3.8, 4) is 0 Å². The van der Waals surface area contributed by atoms with Crippen LogP contribution in [0.25, 0.3) is 0 Å². The zero-order valence-electron chi connectivity index (χ0n) is 9.45. The standard InChI is InChI=1S/C10H10F4O3S/c1-9(2,7-4-3-5-8(11)6-7)17-18(15,16)10(12,13)14/h3-6H,1-2H3. The van der Waals surface area contributed by atoms with Gasteiger partial charge in [0.25, 0.3) is 0 Å². The second-order valence-electron chi connectivity index (χ2n) is 4.00. The van der Waals surface area contributed by atoms with Crippen LogP contribution in [0.15, 0.2) is 24.3 Å². The third-order valence-electron chi connectivity index (χ3n) is 2.12. The number of rotatable bonds is 3. The van der Waals surface area contributed by atoms with E-state index in [9.17, 15) is 26.0 Å². The third-order valence-corrected chi connectivity index (χ3v) is 3.32. The molecule has 0 bridgehead atoms. The lowest BCUT2D eigenvalue weighted by molar-refractivity contribution is -0.0631. The fourth-order valence-electron chi connectivity index (χ4n) is 1.23. The fraction of sp³-hybridized carbons (Fsp3) is 0.400. The molecule has 0 saturated carbocycles. The second kappa shape index (κ2) is 4.51. The molecule has 0 N–H and O–H groups in total. The minimum atomic E-state index is -5.74. The molecular formula is C10H10F4O3S. The molecular weight excluding hydrogens is 276 g/mol. The quantitative estimate of drug-likeness (QED) is 0.487. The average molecular weight is 286 g/mol. The molecule has 0 aliphatic carbocycles. The van der Waals surface area contributed by atoms with E-state index >= 15 is 0 Å². The highest BCUT2D eigenvalue weighted by Gasteiger charge is 2.50. The Morgan fingerprint density at radius 1 is 1.17 bits per heavy atom. The normalized spacial score (nSPS) is 13.7. The highest BCUT2D eigenvalue weighted by molar-refractivity contribution is 7.87. The summed E-state index contributed by atoms with van der Waals surface area (Å²) >= 11 is 0. The van der Waals surface area contributed by atoms with E-state index in [4.69, 9.17) is 0 Å². The first-order chi connectivity index (χ1) is 7.96. The van der Waals surface area contributed by atoms with Crippen LogP contribution in [0.5, 0.6) is 0 Å². The lowest BCUT2D eigenvalue weighted by atomic mass is 9.99. The summed E-state index contributed by atoms with van der Waals surface area (Å²) < 4.78 is 75.3. The van der Waals surface area contributed by atoms with Gasteiger partial charge in [0.2, 0.25) is 0 Å². The number of benzene rings is 1. The zero-order valence-corrected chi connectivity index (χ0v) is 10.3. The third kappa shape index (κ3) is 3.20. The summed E-state index contributed by atoms with van der Waals surface area (Å²) in [5, 5.41) is 0. The molecule has 0 radical (unpaired) electrons. The molecule has 8 heteroatoms. The van der Waals surface area contributed by atoms with Crippen molar-refractivity contribution in [2.75, 3.05) is 0 Å². The highest BCUT2D eigenvalue weighted by Crippen LogP contribution is 2.33. The molecule has 0 heterocycles. The van der Waals surface area contributed by atoms with Gasteiger partial charge in [0.05, 0.1) is 0 Å². The maximum Gasteiger partial charge on any atom is 0.523 e. The smallest absolute Gasteiger partial charge is 0.252 e. The van der Waals surface area contributed by atoms with Gasteiger partial charge in [-0.1, -0.05) is 12.1 Å². The fourth-order valence-corrected chi connectivity index (χ4v) is 1.97. The van der Waals surface area contributed by atoms with Gasteiger partial charge in [-0.2, -0.15) is 21.6 Å². The molecule has 0 saturated heterocycles.